The van der Waals surface area contributed by atoms with Crippen molar-refractivity contribution in [3.8, 4) is 0 Å². The predicted octanol–water partition coefficient (Wildman–Crippen LogP) is 6.91. The van der Waals surface area contributed by atoms with E-state index in [1.165, 1.54) is 61.7 Å². The lowest BCUT2D eigenvalue weighted by molar-refractivity contribution is -0.190. The van der Waals surface area contributed by atoms with Crippen LogP contribution in [-0.2, 0) is 100.0 Å². The molecule has 24 nitrogen and oxygen atoms in total. The summed E-state index contributed by atoms with van der Waals surface area (Å²) >= 11 is 0. The second-order valence-corrected chi connectivity index (χ2v) is 21.2. The van der Waals surface area contributed by atoms with E-state index in [2.05, 4.69) is 10.6 Å². The summed E-state index contributed by atoms with van der Waals surface area (Å²) in [7, 11) is 10.4. The Kier molecular flexibility index (Phi) is 29.9. The van der Waals surface area contributed by atoms with Gasteiger partial charge in [-0.15, -0.1) is 0 Å². The Balaban J connectivity index is 1.29. The van der Waals surface area contributed by atoms with Gasteiger partial charge in [0.2, 0.25) is 18.1 Å². The minimum Gasteiger partial charge on any atom is -0.459 e. The number of hydrogen-bond donors (Lipinski definition) is 2. The minimum absolute atomic E-state index is 0.0527. The van der Waals surface area contributed by atoms with E-state index in [0.717, 1.165) is 0 Å². The quantitative estimate of drug-likeness (QED) is 0.0228. The summed E-state index contributed by atoms with van der Waals surface area (Å²) in [6.07, 6.45) is -16.3. The lowest BCUT2D eigenvalue weighted by atomic mass is 10.1. The summed E-state index contributed by atoms with van der Waals surface area (Å²) < 4.78 is 68.4. The fraction of sp³-hybridized carbons (Fsp3) is 0.357. The van der Waals surface area contributed by atoms with Crippen LogP contribution < -0.4 is 10.6 Å². The molecular weight excluding hydrogens is 1220 g/mol. The lowest BCUT2D eigenvalue weighted by Gasteiger charge is -2.30. The second kappa shape index (κ2) is 38.4. The van der Waals surface area contributed by atoms with E-state index in [9.17, 15) is 38.4 Å². The van der Waals surface area contributed by atoms with Crippen molar-refractivity contribution in [2.45, 2.75) is 86.3 Å². The number of rotatable bonds is 37. The van der Waals surface area contributed by atoms with Gasteiger partial charge in [0.05, 0.1) is 0 Å². The van der Waals surface area contributed by atoms with Crippen LogP contribution >= 0.6 is 0 Å². The van der Waals surface area contributed by atoms with Crippen LogP contribution in [0.4, 0.5) is 0 Å². The highest BCUT2D eigenvalue weighted by atomic mass is 16.7. The predicted molar refractivity (Wildman–Crippen MR) is 336 cm³/mol. The molecule has 6 aromatic rings. The molecule has 0 aliphatic heterocycles. The van der Waals surface area contributed by atoms with Crippen molar-refractivity contribution in [3.05, 3.63) is 215 Å². The number of hydrogen-bond acceptors (Lipinski definition) is 21. The molecule has 0 unspecified atom stereocenters. The number of methoxy groups -OCH3 is 6. The van der Waals surface area contributed by atoms with Gasteiger partial charge >= 0.3 is 35.8 Å². The zero-order valence-electron chi connectivity index (χ0n) is 53.4. The summed E-state index contributed by atoms with van der Waals surface area (Å²) in [5.74, 6) is -9.16. The first-order chi connectivity index (χ1) is 45.5. The molecule has 11 atom stereocenters. The van der Waals surface area contributed by atoms with Gasteiger partial charge in [-0.3, -0.25) is 14.4 Å². The summed E-state index contributed by atoms with van der Waals surface area (Å²) in [6, 6.07) is 48.0. The highest BCUT2D eigenvalue weighted by Crippen LogP contribution is 2.28. The van der Waals surface area contributed by atoms with E-state index in [1.807, 2.05) is 0 Å². The molecule has 94 heavy (non-hydrogen) atoms. The van der Waals surface area contributed by atoms with E-state index >= 15 is 4.79 Å². The lowest BCUT2D eigenvalue weighted by Crippen LogP contribution is -2.55. The molecule has 6 rings (SSSR count). The highest BCUT2D eigenvalue weighted by molar-refractivity contribution is 5.92. The van der Waals surface area contributed by atoms with E-state index in [1.54, 1.807) is 182 Å². The smallest absolute Gasteiger partial charge is 0.340 e. The van der Waals surface area contributed by atoms with Crippen LogP contribution in [0.25, 0.3) is 0 Å². The molecule has 0 saturated heterocycles. The highest BCUT2D eigenvalue weighted by Gasteiger charge is 2.43. The fourth-order valence-corrected chi connectivity index (χ4v) is 9.82. The minimum atomic E-state index is -2.18. The number of benzene rings is 6. The number of carbonyl (C=O) groups is 9. The van der Waals surface area contributed by atoms with Crippen molar-refractivity contribution in [1.29, 1.82) is 0 Å². The van der Waals surface area contributed by atoms with Crippen LogP contribution in [0.1, 0.15) is 89.3 Å². The zero-order chi connectivity index (χ0) is 67.9. The monoisotopic (exact) mass is 1300 g/mol. The average molecular weight is 1300 g/mol. The van der Waals surface area contributed by atoms with E-state index < -0.39 is 134 Å². The van der Waals surface area contributed by atoms with Crippen LogP contribution in [0.2, 0.25) is 0 Å². The number of ether oxygens (including phenoxy) is 12. The normalized spacial score (nSPS) is 14.6. The fourth-order valence-electron chi connectivity index (χ4n) is 9.82. The van der Waals surface area contributed by atoms with Crippen LogP contribution in [0.15, 0.2) is 182 Å². The Morgan fingerprint density at radius 3 is 0.894 bits per heavy atom. The number of likely N-dealkylation sites (N-methyl/N-ethyl adjacent to an activating group) is 1. The van der Waals surface area contributed by atoms with Gasteiger partial charge in [-0.1, -0.05) is 182 Å². The molecule has 0 bridgehead atoms. The molecule has 0 saturated carbocycles. The van der Waals surface area contributed by atoms with Gasteiger partial charge in [0.15, 0.2) is 48.8 Å². The summed E-state index contributed by atoms with van der Waals surface area (Å²) in [5, 5.41) is 5.34. The number of esters is 6. The van der Waals surface area contributed by atoms with Crippen LogP contribution in [-0.4, -0.2) is 165 Å². The third-order valence-electron chi connectivity index (χ3n) is 14.6. The Bertz CT molecular complexity index is 3350. The largest absolute Gasteiger partial charge is 0.459 e. The van der Waals surface area contributed by atoms with E-state index in [0.29, 0.717) is 33.4 Å². The van der Waals surface area contributed by atoms with Crippen molar-refractivity contribution in [2.24, 2.45) is 0 Å². The molecule has 0 aliphatic rings. The molecule has 0 heterocycles. The van der Waals surface area contributed by atoms with Crippen molar-refractivity contribution >= 4 is 53.5 Å². The molecule has 24 heteroatoms. The first kappa shape index (κ1) is 73.4. The van der Waals surface area contributed by atoms with Gasteiger partial charge < -0.3 is 72.4 Å². The number of nitrogens with zero attached hydrogens (tertiary/aromatic N) is 1. The summed E-state index contributed by atoms with van der Waals surface area (Å²) in [6.45, 7) is -1.99. The molecule has 0 spiro atoms. The first-order valence-corrected chi connectivity index (χ1v) is 29.9. The van der Waals surface area contributed by atoms with Crippen LogP contribution in [0, 0.1) is 0 Å². The maximum Gasteiger partial charge on any atom is 0.340 e. The van der Waals surface area contributed by atoms with Crippen LogP contribution in [0.5, 0.6) is 0 Å². The SMILES string of the molecule is CO[C@H](C(=O)OC[C@H](OC(=O)[C@@H](OC)c1ccccc1)[C@@H](OC(=O)[C@@H](OC)c1ccccc1)C(=O)N[C@@H](CCCCNC(=O)[C@H](OC(=O)[C@@H](OC)c1ccccc1)[C@@H](COC(=O)[C@@H](OC)c1ccccc1)OC(=O)[C@@H](OC)c1ccccc1)C(=O)N(C)C)c1ccccc1. The molecule has 6 aromatic carbocycles. The van der Waals surface area contributed by atoms with Gasteiger partial charge in [-0.25, -0.2) is 28.8 Å². The maximum atomic E-state index is 15.1. The number of unbranched alkanes of at least 4 members (excludes halogenated alkanes) is 1. The molecule has 0 fully saturated rings. The Labute approximate surface area is 545 Å². The average Bonchev–Trinajstić information content (AvgIpc) is 1.10. The molecule has 500 valence electrons. The van der Waals surface area contributed by atoms with E-state index in [-0.39, 0.29) is 25.8 Å². The molecule has 0 aromatic heterocycles. The Hall–Kier alpha value is -9.69. The molecular formula is C70H79N3O21. The topological polar surface area (TPSA) is 292 Å². The molecule has 0 aliphatic carbocycles. The second-order valence-electron chi connectivity index (χ2n) is 21.2. The third kappa shape index (κ3) is 21.2. The Morgan fingerprint density at radius 1 is 0.351 bits per heavy atom. The van der Waals surface area contributed by atoms with Crippen molar-refractivity contribution in [1.82, 2.24) is 15.5 Å². The number of amides is 3. The standard InChI is InChI=1S/C70H79N3O21/c1-73(2)64(76)51(72-63(75)61(94-70(82)59(88-8)50-39-25-14-26-40-50)53(92-68(80)57(86-6)48-35-21-12-22-36-48)44-90-66(78)55(84-4)46-31-17-10-18-32-46)41-27-28-42-71-62(74)60(93-69(81)58(87-7)49-37-23-13-24-38-49)52(91-67(79)56(85-5)47-33-19-11-20-34-47)43-89-65(77)54(83-3)45-29-15-9-16-30-45/h9-26,29-40,51-61H,27-28,41-44H2,1-8H3,(H,71,74)(H,72,75)/t51-,52+,53-,54-,55-,56-,57-,58-,59-,60+,61+/m0/s1. The first-order valence-electron chi connectivity index (χ1n) is 29.9. The molecule has 2 N–H and O–H groups in total. The van der Waals surface area contributed by atoms with Crippen molar-refractivity contribution in [2.75, 3.05) is 76.5 Å². The van der Waals surface area contributed by atoms with Gasteiger partial charge in [-0.2, -0.15) is 0 Å². The van der Waals surface area contributed by atoms with Gasteiger partial charge in [0.1, 0.15) is 19.3 Å². The van der Waals surface area contributed by atoms with E-state index in [4.69, 9.17) is 56.8 Å². The zero-order valence-corrected chi connectivity index (χ0v) is 53.4. The van der Waals surface area contributed by atoms with Crippen molar-refractivity contribution in [3.63, 3.8) is 0 Å². The van der Waals surface area contributed by atoms with Gasteiger partial charge in [0, 0.05) is 63.3 Å². The molecule has 3 amide bonds. The third-order valence-corrected chi connectivity index (χ3v) is 14.6. The van der Waals surface area contributed by atoms with Gasteiger partial charge in [0.25, 0.3) is 11.8 Å². The summed E-state index contributed by atoms with van der Waals surface area (Å²) in [4.78, 5) is 130. The Morgan fingerprint density at radius 2 is 0.617 bits per heavy atom. The maximum absolute atomic E-state index is 15.1. The summed E-state index contributed by atoms with van der Waals surface area (Å²) in [5.41, 5.74) is 2.17. The van der Waals surface area contributed by atoms with Gasteiger partial charge in [-0.05, 0) is 52.6 Å². The number of nitrogens with one attached hydrogen (secondary N) is 2. The van der Waals surface area contributed by atoms with Crippen LogP contribution in [0.3, 0.4) is 0 Å². The molecule has 0 radical (unpaired) electrons. The number of carbonyl (C=O) groups excluding carboxylic acids is 9. The van der Waals surface area contributed by atoms with Crippen molar-refractivity contribution < 1.29 is 100.0 Å².